The topological polar surface area (TPSA) is 53.1 Å². The molecule has 4 bridgehead atoms. The highest BCUT2D eigenvalue weighted by Crippen LogP contribution is 2.57. The minimum absolute atomic E-state index is 0.139. The van der Waals surface area contributed by atoms with Gasteiger partial charge in [0.1, 0.15) is 5.75 Å². The molecule has 0 radical (unpaired) electrons. The predicted molar refractivity (Wildman–Crippen MR) is 123 cm³/mol. The first-order valence-electron chi connectivity index (χ1n) is 12.4. The van der Waals surface area contributed by atoms with Crippen molar-refractivity contribution in [3.63, 3.8) is 0 Å². The Morgan fingerprint density at radius 1 is 0.912 bits per heavy atom. The summed E-state index contributed by atoms with van der Waals surface area (Å²) in [5.74, 6) is 2.05. The van der Waals surface area contributed by atoms with Crippen LogP contribution in [0.4, 0.5) is 14.5 Å². The first kappa shape index (κ1) is 22.7. The Labute approximate surface area is 203 Å². The molecule has 0 N–H and O–H groups in total. The van der Waals surface area contributed by atoms with Crippen LogP contribution in [0.1, 0.15) is 44.9 Å². The Kier molecular flexibility index (Phi) is 5.43. The van der Waals surface area contributed by atoms with E-state index in [-0.39, 0.29) is 24.0 Å². The van der Waals surface area contributed by atoms with Gasteiger partial charge in [0.05, 0.1) is 18.2 Å². The number of carbonyl (C=O) groups is 2. The van der Waals surface area contributed by atoms with Crippen molar-refractivity contribution in [2.75, 3.05) is 31.1 Å². The molecule has 184 valence electrons. The standard InChI is InChI=1S/C25H30ClF2N3O3/c26-25(27,28)34-20-3-1-19(2-4-20)31-22(32)12-21(23(31)33)29-5-7-30(8-6-29)24-13-16-9-17(14-24)11-18(10-16)15-24/h1-4,16-18,21H,5-15H2/t16?,17?,18?,21-,24?/m0/s1. The first-order chi connectivity index (χ1) is 16.2. The summed E-state index contributed by atoms with van der Waals surface area (Å²) in [6.07, 6.45) is 8.43. The van der Waals surface area contributed by atoms with E-state index in [1.54, 1.807) is 0 Å². The third kappa shape index (κ3) is 4.01. The van der Waals surface area contributed by atoms with E-state index in [2.05, 4.69) is 14.5 Å². The molecule has 9 heteroatoms. The van der Waals surface area contributed by atoms with Crippen molar-refractivity contribution in [2.24, 2.45) is 17.8 Å². The number of ether oxygens (including phenoxy) is 1. The molecule has 2 heterocycles. The Morgan fingerprint density at radius 2 is 1.47 bits per heavy atom. The first-order valence-corrected chi connectivity index (χ1v) is 12.8. The van der Waals surface area contributed by atoms with Crippen LogP contribution < -0.4 is 9.64 Å². The van der Waals surface area contributed by atoms with Gasteiger partial charge in [-0.15, -0.1) is 8.78 Å². The number of anilines is 1. The van der Waals surface area contributed by atoms with Gasteiger partial charge < -0.3 is 4.74 Å². The van der Waals surface area contributed by atoms with E-state index in [1.165, 1.54) is 67.7 Å². The molecular formula is C25H30ClF2N3O3. The van der Waals surface area contributed by atoms with Crippen molar-refractivity contribution in [3.05, 3.63) is 24.3 Å². The average Bonchev–Trinajstić information content (AvgIpc) is 3.06. The second kappa shape index (κ2) is 8.14. The van der Waals surface area contributed by atoms with Gasteiger partial charge in [0.25, 0.3) is 5.91 Å². The summed E-state index contributed by atoms with van der Waals surface area (Å²) in [6, 6.07) is 4.96. The highest BCUT2D eigenvalue weighted by Gasteiger charge is 2.54. The smallest absolute Gasteiger partial charge is 0.420 e. The van der Waals surface area contributed by atoms with Crippen LogP contribution in [0.5, 0.6) is 5.75 Å². The molecule has 2 aliphatic heterocycles. The number of piperazine rings is 1. The van der Waals surface area contributed by atoms with Crippen LogP contribution >= 0.6 is 11.6 Å². The van der Waals surface area contributed by atoms with Crippen molar-refractivity contribution < 1.29 is 23.1 Å². The lowest BCUT2D eigenvalue weighted by Crippen LogP contribution is -2.64. The molecule has 0 unspecified atom stereocenters. The number of halogens is 3. The molecular weight excluding hydrogens is 464 g/mol. The van der Waals surface area contributed by atoms with Gasteiger partial charge in [-0.1, -0.05) is 0 Å². The number of rotatable bonds is 5. The minimum Gasteiger partial charge on any atom is -0.420 e. The molecule has 34 heavy (non-hydrogen) atoms. The van der Waals surface area contributed by atoms with Gasteiger partial charge in [0, 0.05) is 43.3 Å². The molecule has 1 atom stereocenters. The van der Waals surface area contributed by atoms with Crippen LogP contribution in [0.2, 0.25) is 0 Å². The van der Waals surface area contributed by atoms with E-state index < -0.39 is 11.6 Å². The Morgan fingerprint density at radius 3 is 2.00 bits per heavy atom. The zero-order chi connectivity index (χ0) is 23.7. The van der Waals surface area contributed by atoms with E-state index in [9.17, 15) is 18.4 Å². The van der Waals surface area contributed by atoms with Crippen molar-refractivity contribution in [2.45, 2.75) is 62.1 Å². The third-order valence-corrected chi connectivity index (χ3v) is 8.96. The van der Waals surface area contributed by atoms with Crippen LogP contribution in [0.15, 0.2) is 24.3 Å². The van der Waals surface area contributed by atoms with Crippen LogP contribution in [-0.4, -0.2) is 64.9 Å². The lowest BCUT2D eigenvalue weighted by Gasteiger charge is -2.61. The summed E-state index contributed by atoms with van der Waals surface area (Å²) in [7, 11) is 0. The molecule has 0 spiro atoms. The summed E-state index contributed by atoms with van der Waals surface area (Å²) in [5, 5.41) is 0. The van der Waals surface area contributed by atoms with E-state index >= 15 is 0 Å². The zero-order valence-electron chi connectivity index (χ0n) is 19.1. The molecule has 7 rings (SSSR count). The molecule has 0 aromatic heterocycles. The van der Waals surface area contributed by atoms with Gasteiger partial charge in [-0.25, -0.2) is 4.90 Å². The summed E-state index contributed by atoms with van der Waals surface area (Å²) in [5.41, 5.74) is -3.09. The van der Waals surface area contributed by atoms with Gasteiger partial charge in [-0.3, -0.25) is 19.4 Å². The van der Waals surface area contributed by atoms with Crippen molar-refractivity contribution in [1.29, 1.82) is 0 Å². The lowest BCUT2D eigenvalue weighted by atomic mass is 9.52. The molecule has 6 nitrogen and oxygen atoms in total. The quantitative estimate of drug-likeness (QED) is 0.457. The summed E-state index contributed by atoms with van der Waals surface area (Å²) < 4.78 is 30.0. The van der Waals surface area contributed by atoms with E-state index in [4.69, 9.17) is 11.6 Å². The average molecular weight is 494 g/mol. The minimum atomic E-state index is -3.82. The lowest BCUT2D eigenvalue weighted by molar-refractivity contribution is -0.125. The fourth-order valence-electron chi connectivity index (χ4n) is 7.93. The molecule has 6 fully saturated rings. The summed E-state index contributed by atoms with van der Waals surface area (Å²) in [6.45, 7) is 3.47. The zero-order valence-corrected chi connectivity index (χ0v) is 19.9. The fraction of sp³-hybridized carbons (Fsp3) is 0.680. The predicted octanol–water partition coefficient (Wildman–Crippen LogP) is 4.07. The number of hydrogen-bond donors (Lipinski definition) is 0. The highest BCUT2D eigenvalue weighted by molar-refractivity contribution is 6.22. The fourth-order valence-corrected chi connectivity index (χ4v) is 8.02. The second-order valence-corrected chi connectivity index (χ2v) is 11.4. The monoisotopic (exact) mass is 493 g/mol. The molecule has 4 aliphatic carbocycles. The summed E-state index contributed by atoms with van der Waals surface area (Å²) in [4.78, 5) is 32.0. The maximum atomic E-state index is 13.2. The maximum absolute atomic E-state index is 13.2. The van der Waals surface area contributed by atoms with Crippen LogP contribution in [-0.2, 0) is 9.59 Å². The number of hydrogen-bond acceptors (Lipinski definition) is 5. The Balaban J connectivity index is 1.10. The largest absolute Gasteiger partial charge is 0.487 e. The second-order valence-electron chi connectivity index (χ2n) is 11.0. The van der Waals surface area contributed by atoms with E-state index in [0.717, 1.165) is 43.9 Å². The number of nitrogens with zero attached hydrogens (tertiary/aromatic N) is 3. The van der Waals surface area contributed by atoms with Gasteiger partial charge in [0.15, 0.2) is 0 Å². The number of alkyl halides is 3. The SMILES string of the molecule is O=C1C[C@H](N2CCN(C34CC5CC(CC(C5)C3)C4)CC2)C(=O)N1c1ccc(OC(F)(F)Cl)cc1. The molecule has 2 amide bonds. The normalized spacial score (nSPS) is 36.5. The maximum Gasteiger partial charge on any atom is 0.487 e. The van der Waals surface area contributed by atoms with Gasteiger partial charge in [-0.05, 0) is 80.5 Å². The van der Waals surface area contributed by atoms with Crippen molar-refractivity contribution in [3.8, 4) is 5.75 Å². The summed E-state index contributed by atoms with van der Waals surface area (Å²) >= 11 is 4.80. The number of carbonyl (C=O) groups excluding carboxylic acids is 2. The number of amides is 2. The Bertz CT molecular complexity index is 939. The molecule has 1 aromatic carbocycles. The van der Waals surface area contributed by atoms with Crippen molar-refractivity contribution >= 4 is 29.1 Å². The van der Waals surface area contributed by atoms with Crippen LogP contribution in [0.3, 0.4) is 0 Å². The number of imide groups is 1. The molecule has 2 saturated heterocycles. The van der Waals surface area contributed by atoms with Gasteiger partial charge in [0.2, 0.25) is 5.91 Å². The molecule has 4 saturated carbocycles. The van der Waals surface area contributed by atoms with Crippen molar-refractivity contribution in [1.82, 2.24) is 9.80 Å². The Hall–Kier alpha value is -1.77. The van der Waals surface area contributed by atoms with E-state index in [1.807, 2.05) is 0 Å². The molecule has 6 aliphatic rings. The van der Waals surface area contributed by atoms with E-state index in [0.29, 0.717) is 11.2 Å². The molecule has 1 aromatic rings. The number of benzene rings is 1. The third-order valence-electron chi connectivity index (χ3n) is 8.88. The highest BCUT2D eigenvalue weighted by atomic mass is 35.5. The van der Waals surface area contributed by atoms with Crippen LogP contribution in [0, 0.1) is 17.8 Å². The van der Waals surface area contributed by atoms with Gasteiger partial charge >= 0.3 is 5.57 Å². The van der Waals surface area contributed by atoms with Crippen LogP contribution in [0.25, 0.3) is 0 Å². The van der Waals surface area contributed by atoms with Gasteiger partial charge in [-0.2, -0.15) is 0 Å².